The highest BCUT2D eigenvalue weighted by atomic mass is 16.1. The minimum atomic E-state index is -0.0630. The Morgan fingerprint density at radius 3 is 2.90 bits per heavy atom. The molecule has 108 valence electrons. The number of nitrogens with zero attached hydrogens (tertiary/aromatic N) is 2. The van der Waals surface area contributed by atoms with Crippen LogP contribution in [0.1, 0.15) is 30.1 Å². The first-order valence-electron chi connectivity index (χ1n) is 7.35. The summed E-state index contributed by atoms with van der Waals surface area (Å²) < 4.78 is 2.14. The summed E-state index contributed by atoms with van der Waals surface area (Å²) in [5.41, 5.74) is 1.03. The summed E-state index contributed by atoms with van der Waals surface area (Å²) in [5, 5.41) is 2.90. The van der Waals surface area contributed by atoms with Crippen molar-refractivity contribution in [2.75, 3.05) is 6.54 Å². The lowest BCUT2D eigenvalue weighted by atomic mass is 10.2. The maximum Gasteiger partial charge on any atom is 0.244 e. The molecule has 2 aromatic rings. The van der Waals surface area contributed by atoms with Crippen molar-refractivity contribution in [1.82, 2.24) is 14.9 Å². The van der Waals surface area contributed by atoms with E-state index in [-0.39, 0.29) is 5.91 Å². The van der Waals surface area contributed by atoms with E-state index in [9.17, 15) is 4.79 Å². The van der Waals surface area contributed by atoms with Crippen LogP contribution >= 0.6 is 0 Å². The lowest BCUT2D eigenvalue weighted by Crippen LogP contribution is -2.25. The molecular formula is C17H19N3O. The largest absolute Gasteiger partial charge is 0.351 e. The van der Waals surface area contributed by atoms with Gasteiger partial charge in [-0.2, -0.15) is 0 Å². The molecule has 0 bridgehead atoms. The zero-order valence-electron chi connectivity index (χ0n) is 11.9. The van der Waals surface area contributed by atoms with E-state index in [2.05, 4.69) is 14.9 Å². The van der Waals surface area contributed by atoms with Crippen molar-refractivity contribution >= 4 is 12.0 Å². The van der Waals surface area contributed by atoms with Crippen molar-refractivity contribution in [2.45, 2.75) is 25.3 Å². The van der Waals surface area contributed by atoms with Crippen LogP contribution in [0.5, 0.6) is 0 Å². The molecule has 1 N–H and O–H groups in total. The molecule has 21 heavy (non-hydrogen) atoms. The Bertz CT molecular complexity index is 626. The van der Waals surface area contributed by atoms with Crippen molar-refractivity contribution in [1.29, 1.82) is 0 Å². The van der Waals surface area contributed by atoms with Gasteiger partial charge in [0.2, 0.25) is 5.91 Å². The highest BCUT2D eigenvalue weighted by Crippen LogP contribution is 2.38. The van der Waals surface area contributed by atoms with Gasteiger partial charge in [0, 0.05) is 37.5 Å². The number of hydrogen-bond donors (Lipinski definition) is 1. The average Bonchev–Trinajstić information content (AvgIpc) is 3.26. The van der Waals surface area contributed by atoms with Gasteiger partial charge in [-0.25, -0.2) is 4.98 Å². The van der Waals surface area contributed by atoms with Gasteiger partial charge in [-0.05, 0) is 24.5 Å². The van der Waals surface area contributed by atoms with Gasteiger partial charge in [-0.1, -0.05) is 30.3 Å². The zero-order valence-corrected chi connectivity index (χ0v) is 11.9. The summed E-state index contributed by atoms with van der Waals surface area (Å²) in [6, 6.07) is 9.81. The Labute approximate surface area is 124 Å². The van der Waals surface area contributed by atoms with Crippen LogP contribution in [0.3, 0.4) is 0 Å². The number of hydrogen-bond acceptors (Lipinski definition) is 2. The van der Waals surface area contributed by atoms with Gasteiger partial charge in [0.15, 0.2) is 0 Å². The summed E-state index contributed by atoms with van der Waals surface area (Å²) in [4.78, 5) is 16.1. The standard InChI is InChI=1S/C17H19N3O/c21-16(9-6-14-4-2-1-3-5-14)18-10-12-20-13-11-19-17(20)15-7-8-15/h1-6,9,11,13,15H,7-8,10,12H2,(H,18,21). The molecule has 1 amide bonds. The normalized spacial score (nSPS) is 14.5. The van der Waals surface area contributed by atoms with E-state index in [4.69, 9.17) is 0 Å². The van der Waals surface area contributed by atoms with E-state index in [0.717, 1.165) is 17.9 Å². The predicted octanol–water partition coefficient (Wildman–Crippen LogP) is 2.59. The number of aromatic nitrogens is 2. The van der Waals surface area contributed by atoms with Crippen molar-refractivity contribution in [3.05, 3.63) is 60.2 Å². The van der Waals surface area contributed by atoms with Gasteiger partial charge in [-0.15, -0.1) is 0 Å². The highest BCUT2D eigenvalue weighted by molar-refractivity contribution is 5.91. The van der Waals surface area contributed by atoms with Gasteiger partial charge in [0.1, 0.15) is 5.82 Å². The SMILES string of the molecule is O=C(C=Cc1ccccc1)NCCn1ccnc1C1CC1. The summed E-state index contributed by atoms with van der Waals surface area (Å²) in [7, 11) is 0. The molecule has 1 aliphatic rings. The first kappa shape index (κ1) is 13.6. The average molecular weight is 281 g/mol. The first-order chi connectivity index (χ1) is 10.3. The third-order valence-electron chi connectivity index (χ3n) is 3.57. The van der Waals surface area contributed by atoms with Gasteiger partial charge in [0.25, 0.3) is 0 Å². The van der Waals surface area contributed by atoms with Crippen LogP contribution in [0.25, 0.3) is 6.08 Å². The second-order valence-electron chi connectivity index (χ2n) is 5.29. The number of benzene rings is 1. The Balaban J connectivity index is 1.45. The molecule has 0 aliphatic heterocycles. The molecule has 4 heteroatoms. The second-order valence-corrected chi connectivity index (χ2v) is 5.29. The Hall–Kier alpha value is -2.36. The van der Waals surface area contributed by atoms with Gasteiger partial charge >= 0.3 is 0 Å². The first-order valence-corrected chi connectivity index (χ1v) is 7.35. The molecule has 0 unspecified atom stereocenters. The molecule has 1 aromatic carbocycles. The monoisotopic (exact) mass is 281 g/mol. The molecule has 1 aliphatic carbocycles. The molecule has 4 nitrogen and oxygen atoms in total. The minimum absolute atomic E-state index is 0.0630. The quantitative estimate of drug-likeness (QED) is 0.827. The molecular weight excluding hydrogens is 262 g/mol. The molecule has 1 saturated carbocycles. The summed E-state index contributed by atoms with van der Waals surface area (Å²) in [5.74, 6) is 1.73. The Morgan fingerprint density at radius 1 is 1.33 bits per heavy atom. The number of rotatable bonds is 6. The fourth-order valence-electron chi connectivity index (χ4n) is 2.31. The highest BCUT2D eigenvalue weighted by Gasteiger charge is 2.27. The number of imidazole rings is 1. The molecule has 3 rings (SSSR count). The van der Waals surface area contributed by atoms with E-state index in [0.29, 0.717) is 12.5 Å². The van der Waals surface area contributed by atoms with Crippen molar-refractivity contribution < 1.29 is 4.79 Å². The lowest BCUT2D eigenvalue weighted by Gasteiger charge is -2.07. The van der Waals surface area contributed by atoms with Crippen LogP contribution in [0.2, 0.25) is 0 Å². The predicted molar refractivity (Wildman–Crippen MR) is 82.7 cm³/mol. The van der Waals surface area contributed by atoms with E-state index >= 15 is 0 Å². The lowest BCUT2D eigenvalue weighted by molar-refractivity contribution is -0.116. The Morgan fingerprint density at radius 2 is 2.14 bits per heavy atom. The zero-order chi connectivity index (χ0) is 14.5. The summed E-state index contributed by atoms with van der Waals surface area (Å²) in [6.45, 7) is 1.39. The molecule has 1 aromatic heterocycles. The van der Waals surface area contributed by atoms with E-state index < -0.39 is 0 Å². The Kier molecular flexibility index (Phi) is 4.15. The van der Waals surface area contributed by atoms with Gasteiger partial charge < -0.3 is 9.88 Å². The number of carbonyl (C=O) groups is 1. The van der Waals surface area contributed by atoms with Crippen LogP contribution < -0.4 is 5.32 Å². The van der Waals surface area contributed by atoms with Crippen molar-refractivity contribution in [3.63, 3.8) is 0 Å². The maximum absolute atomic E-state index is 11.8. The molecule has 0 radical (unpaired) electrons. The number of nitrogens with one attached hydrogen (secondary N) is 1. The van der Waals surface area contributed by atoms with Crippen LogP contribution in [0.4, 0.5) is 0 Å². The summed E-state index contributed by atoms with van der Waals surface area (Å²) >= 11 is 0. The molecule has 1 heterocycles. The third-order valence-corrected chi connectivity index (χ3v) is 3.57. The summed E-state index contributed by atoms with van der Waals surface area (Å²) in [6.07, 6.45) is 9.70. The molecule has 1 fully saturated rings. The van der Waals surface area contributed by atoms with E-state index in [1.807, 2.05) is 48.8 Å². The van der Waals surface area contributed by atoms with Gasteiger partial charge in [0.05, 0.1) is 0 Å². The number of amides is 1. The second kappa shape index (κ2) is 6.39. The third kappa shape index (κ3) is 3.81. The molecule has 0 saturated heterocycles. The smallest absolute Gasteiger partial charge is 0.244 e. The molecule has 0 atom stereocenters. The van der Waals surface area contributed by atoms with Gasteiger partial charge in [-0.3, -0.25) is 4.79 Å². The fourth-order valence-corrected chi connectivity index (χ4v) is 2.31. The van der Waals surface area contributed by atoms with Crippen molar-refractivity contribution in [3.8, 4) is 0 Å². The minimum Gasteiger partial charge on any atom is -0.351 e. The fraction of sp³-hybridized carbons (Fsp3) is 0.294. The van der Waals surface area contributed by atoms with Crippen LogP contribution in [-0.4, -0.2) is 22.0 Å². The van der Waals surface area contributed by atoms with E-state index in [1.54, 1.807) is 6.08 Å². The van der Waals surface area contributed by atoms with Crippen LogP contribution in [0.15, 0.2) is 48.8 Å². The van der Waals surface area contributed by atoms with E-state index in [1.165, 1.54) is 12.8 Å². The number of carbonyl (C=O) groups excluding carboxylic acids is 1. The topological polar surface area (TPSA) is 46.9 Å². The van der Waals surface area contributed by atoms with Crippen molar-refractivity contribution in [2.24, 2.45) is 0 Å². The molecule has 0 spiro atoms. The van der Waals surface area contributed by atoms with Crippen LogP contribution in [0, 0.1) is 0 Å². The van der Waals surface area contributed by atoms with Crippen LogP contribution in [-0.2, 0) is 11.3 Å². The maximum atomic E-state index is 11.8.